The first-order chi connectivity index (χ1) is 12.2. The van der Waals surface area contributed by atoms with E-state index in [1.807, 2.05) is 4.90 Å². The van der Waals surface area contributed by atoms with Crippen LogP contribution < -0.4 is 5.32 Å². The van der Waals surface area contributed by atoms with Gasteiger partial charge in [0.2, 0.25) is 5.91 Å². The summed E-state index contributed by atoms with van der Waals surface area (Å²) in [4.78, 5) is 20.7. The lowest BCUT2D eigenvalue weighted by atomic mass is 10.1. The third-order valence-electron chi connectivity index (χ3n) is 4.72. The normalized spacial score (nSPS) is 20.6. The molecule has 1 atom stereocenters. The van der Waals surface area contributed by atoms with Crippen LogP contribution in [0.25, 0.3) is 0 Å². The predicted octanol–water partition coefficient (Wildman–Crippen LogP) is 1.57. The number of rotatable bonds is 10. The molecule has 2 rings (SSSR count). The van der Waals surface area contributed by atoms with Gasteiger partial charge in [0.25, 0.3) is 0 Å². The van der Waals surface area contributed by atoms with E-state index in [1.165, 1.54) is 0 Å². The van der Waals surface area contributed by atoms with E-state index >= 15 is 0 Å². The van der Waals surface area contributed by atoms with Gasteiger partial charge in [-0.2, -0.15) is 0 Å². The molecule has 2 saturated heterocycles. The van der Waals surface area contributed by atoms with Crippen LogP contribution in [0.5, 0.6) is 0 Å². The zero-order chi connectivity index (χ0) is 17.9. The standard InChI is InChI=1S/C18H34N4O3.HI/c1-3-19-18(20-8-5-10-21-9-4-6-17(21)23)22-11-7-16(14-22)15-25-13-12-24-2;/h16H,3-15H2,1-2H3,(H,19,20);1H. The number of hydrogen-bond donors (Lipinski definition) is 1. The van der Waals surface area contributed by atoms with Crippen molar-refractivity contribution >= 4 is 35.8 Å². The summed E-state index contributed by atoms with van der Waals surface area (Å²) in [6, 6.07) is 0. The largest absolute Gasteiger partial charge is 0.382 e. The molecule has 1 amide bonds. The number of ether oxygens (including phenoxy) is 2. The van der Waals surface area contributed by atoms with Gasteiger partial charge in [0.15, 0.2) is 5.96 Å². The molecule has 2 fully saturated rings. The van der Waals surface area contributed by atoms with Crippen molar-refractivity contribution in [2.45, 2.75) is 32.6 Å². The maximum absolute atomic E-state index is 11.6. The highest BCUT2D eigenvalue weighted by atomic mass is 127. The number of aliphatic imine (C=N–C) groups is 1. The van der Waals surface area contributed by atoms with Crippen molar-refractivity contribution in [3.05, 3.63) is 0 Å². The number of amides is 1. The Morgan fingerprint density at radius 3 is 2.88 bits per heavy atom. The monoisotopic (exact) mass is 482 g/mol. The number of carbonyl (C=O) groups is 1. The second kappa shape index (κ2) is 13.5. The smallest absolute Gasteiger partial charge is 0.222 e. The van der Waals surface area contributed by atoms with Crippen molar-refractivity contribution in [3.8, 4) is 0 Å². The summed E-state index contributed by atoms with van der Waals surface area (Å²) in [5.41, 5.74) is 0. The maximum atomic E-state index is 11.6. The Hall–Kier alpha value is -0.610. The van der Waals surface area contributed by atoms with Crippen molar-refractivity contribution in [2.24, 2.45) is 10.9 Å². The predicted molar refractivity (Wildman–Crippen MR) is 114 cm³/mol. The molecule has 2 aliphatic heterocycles. The number of halogens is 1. The SMILES string of the molecule is CCNC(=NCCCN1CCCC1=O)N1CCC(COCCOC)C1.I. The van der Waals surface area contributed by atoms with E-state index in [4.69, 9.17) is 14.5 Å². The molecule has 0 saturated carbocycles. The van der Waals surface area contributed by atoms with Crippen molar-refractivity contribution in [3.63, 3.8) is 0 Å². The summed E-state index contributed by atoms with van der Waals surface area (Å²) in [6.07, 6.45) is 3.79. The Kier molecular flexibility index (Phi) is 12.2. The van der Waals surface area contributed by atoms with E-state index < -0.39 is 0 Å². The van der Waals surface area contributed by atoms with Crippen LogP contribution >= 0.6 is 24.0 Å². The fourth-order valence-electron chi connectivity index (χ4n) is 3.37. The van der Waals surface area contributed by atoms with Gasteiger partial charge in [0.1, 0.15) is 0 Å². The molecule has 1 N–H and O–H groups in total. The molecule has 0 aromatic rings. The molecule has 0 bridgehead atoms. The van der Waals surface area contributed by atoms with Crippen molar-refractivity contribution in [1.29, 1.82) is 0 Å². The minimum Gasteiger partial charge on any atom is -0.382 e. The van der Waals surface area contributed by atoms with Crippen LogP contribution in [0.4, 0.5) is 0 Å². The van der Waals surface area contributed by atoms with E-state index in [2.05, 4.69) is 17.1 Å². The quantitative estimate of drug-likeness (QED) is 0.222. The van der Waals surface area contributed by atoms with Gasteiger partial charge in [-0.25, -0.2) is 0 Å². The summed E-state index contributed by atoms with van der Waals surface area (Å²) >= 11 is 0. The first-order valence-corrected chi connectivity index (χ1v) is 9.62. The Balaban J connectivity index is 0.00000338. The van der Waals surface area contributed by atoms with Crippen LogP contribution in [0.3, 0.4) is 0 Å². The summed E-state index contributed by atoms with van der Waals surface area (Å²) in [6.45, 7) is 9.59. The third-order valence-corrected chi connectivity index (χ3v) is 4.72. The summed E-state index contributed by atoms with van der Waals surface area (Å²) < 4.78 is 10.7. The molecule has 0 spiro atoms. The lowest BCUT2D eigenvalue weighted by Crippen LogP contribution is -2.40. The van der Waals surface area contributed by atoms with E-state index in [9.17, 15) is 4.79 Å². The van der Waals surface area contributed by atoms with Crippen LogP contribution in [0.2, 0.25) is 0 Å². The van der Waals surface area contributed by atoms with Gasteiger partial charge in [-0.15, -0.1) is 24.0 Å². The number of carbonyl (C=O) groups excluding carboxylic acids is 1. The number of likely N-dealkylation sites (tertiary alicyclic amines) is 2. The number of hydrogen-bond acceptors (Lipinski definition) is 4. The van der Waals surface area contributed by atoms with Gasteiger partial charge in [-0.1, -0.05) is 0 Å². The van der Waals surface area contributed by atoms with E-state index in [0.717, 1.165) is 71.1 Å². The second-order valence-electron chi connectivity index (χ2n) is 6.74. The highest BCUT2D eigenvalue weighted by Gasteiger charge is 2.25. The molecule has 0 aromatic heterocycles. The van der Waals surface area contributed by atoms with E-state index in [-0.39, 0.29) is 24.0 Å². The summed E-state index contributed by atoms with van der Waals surface area (Å²) in [5, 5.41) is 3.39. The molecule has 7 nitrogen and oxygen atoms in total. The van der Waals surface area contributed by atoms with Crippen LogP contribution in [0.15, 0.2) is 4.99 Å². The van der Waals surface area contributed by atoms with Gasteiger partial charge >= 0.3 is 0 Å². The van der Waals surface area contributed by atoms with E-state index in [1.54, 1.807) is 7.11 Å². The van der Waals surface area contributed by atoms with Crippen LogP contribution in [0.1, 0.15) is 32.6 Å². The lowest BCUT2D eigenvalue weighted by molar-refractivity contribution is -0.127. The van der Waals surface area contributed by atoms with Crippen LogP contribution in [-0.2, 0) is 14.3 Å². The van der Waals surface area contributed by atoms with Gasteiger partial charge < -0.3 is 24.6 Å². The highest BCUT2D eigenvalue weighted by molar-refractivity contribution is 14.0. The minimum absolute atomic E-state index is 0. The molecule has 0 aromatic carbocycles. The lowest BCUT2D eigenvalue weighted by Gasteiger charge is -2.22. The van der Waals surface area contributed by atoms with Crippen LogP contribution in [-0.4, -0.2) is 87.9 Å². The van der Waals surface area contributed by atoms with Gasteiger partial charge in [0, 0.05) is 58.7 Å². The Labute approximate surface area is 174 Å². The average molecular weight is 482 g/mol. The van der Waals surface area contributed by atoms with Gasteiger partial charge in [-0.05, 0) is 26.2 Å². The number of nitrogens with one attached hydrogen (secondary N) is 1. The second-order valence-corrected chi connectivity index (χ2v) is 6.74. The fourth-order valence-corrected chi connectivity index (χ4v) is 3.37. The summed E-state index contributed by atoms with van der Waals surface area (Å²) in [5.74, 6) is 1.85. The first kappa shape index (κ1) is 23.4. The Morgan fingerprint density at radius 2 is 2.19 bits per heavy atom. The molecular formula is C18H35IN4O3. The Bertz CT molecular complexity index is 437. The van der Waals surface area contributed by atoms with Crippen LogP contribution in [0, 0.1) is 5.92 Å². The molecule has 26 heavy (non-hydrogen) atoms. The fraction of sp³-hybridized carbons (Fsp3) is 0.889. The molecule has 2 heterocycles. The van der Waals surface area contributed by atoms with E-state index in [0.29, 0.717) is 31.5 Å². The molecule has 8 heteroatoms. The molecule has 0 aliphatic carbocycles. The maximum Gasteiger partial charge on any atom is 0.222 e. The minimum atomic E-state index is 0. The third kappa shape index (κ3) is 7.96. The van der Waals surface area contributed by atoms with Crippen molar-refractivity contribution in [2.75, 3.05) is 66.2 Å². The molecule has 0 radical (unpaired) electrons. The van der Waals surface area contributed by atoms with Crippen molar-refractivity contribution < 1.29 is 14.3 Å². The van der Waals surface area contributed by atoms with Gasteiger partial charge in [0.05, 0.1) is 19.8 Å². The average Bonchev–Trinajstić information content (AvgIpc) is 3.24. The topological polar surface area (TPSA) is 66.4 Å². The number of nitrogens with zero attached hydrogens (tertiary/aromatic N) is 3. The van der Waals surface area contributed by atoms with Crippen molar-refractivity contribution in [1.82, 2.24) is 15.1 Å². The van der Waals surface area contributed by atoms with Gasteiger partial charge in [-0.3, -0.25) is 9.79 Å². The number of guanidine groups is 1. The Morgan fingerprint density at radius 1 is 1.35 bits per heavy atom. The first-order valence-electron chi connectivity index (χ1n) is 9.62. The molecule has 152 valence electrons. The summed E-state index contributed by atoms with van der Waals surface area (Å²) in [7, 11) is 1.69. The number of methoxy groups -OCH3 is 1. The molecule has 1 unspecified atom stereocenters. The molecular weight excluding hydrogens is 447 g/mol. The zero-order valence-electron chi connectivity index (χ0n) is 16.2. The highest BCUT2D eigenvalue weighted by Crippen LogP contribution is 2.17. The zero-order valence-corrected chi connectivity index (χ0v) is 18.6. The molecule has 2 aliphatic rings.